The highest BCUT2D eigenvalue weighted by Crippen LogP contribution is 2.15. The number of hydrogen-bond acceptors (Lipinski definition) is 3. The Morgan fingerprint density at radius 1 is 1.77 bits per heavy atom. The standard InChI is InChI=1S/C8H6ClN3O/c1-5(13)12-7-2-6(3-10)8(9)11-4-7/h2,4H,1H3,(H,12,13). The van der Waals surface area contributed by atoms with Crippen LogP contribution >= 0.6 is 11.6 Å². The van der Waals surface area contributed by atoms with E-state index in [9.17, 15) is 4.79 Å². The Labute approximate surface area is 80.2 Å². The van der Waals surface area contributed by atoms with Gasteiger partial charge in [-0.15, -0.1) is 0 Å². The van der Waals surface area contributed by atoms with Crippen molar-refractivity contribution in [2.75, 3.05) is 5.32 Å². The summed E-state index contributed by atoms with van der Waals surface area (Å²) in [4.78, 5) is 14.4. The summed E-state index contributed by atoms with van der Waals surface area (Å²) in [6, 6.07) is 3.33. The monoisotopic (exact) mass is 195 g/mol. The molecule has 1 aromatic heterocycles. The van der Waals surface area contributed by atoms with Gasteiger partial charge >= 0.3 is 0 Å². The first kappa shape index (κ1) is 9.49. The van der Waals surface area contributed by atoms with Crippen molar-refractivity contribution in [3.63, 3.8) is 0 Å². The van der Waals surface area contributed by atoms with Gasteiger partial charge in [-0.2, -0.15) is 5.26 Å². The van der Waals surface area contributed by atoms with Crippen LogP contribution in [0.15, 0.2) is 12.3 Å². The molecule has 0 aromatic carbocycles. The molecule has 1 rings (SSSR count). The van der Waals surface area contributed by atoms with Crippen molar-refractivity contribution >= 4 is 23.2 Å². The minimum Gasteiger partial charge on any atom is -0.325 e. The number of rotatable bonds is 1. The summed E-state index contributed by atoms with van der Waals surface area (Å²) in [6.45, 7) is 1.38. The third-order valence-electron chi connectivity index (χ3n) is 1.28. The molecule has 1 N–H and O–H groups in total. The fourth-order valence-electron chi connectivity index (χ4n) is 0.798. The van der Waals surface area contributed by atoms with Crippen molar-refractivity contribution in [3.8, 4) is 6.07 Å². The second kappa shape index (κ2) is 3.87. The number of hydrogen-bond donors (Lipinski definition) is 1. The molecule has 0 spiro atoms. The van der Waals surface area contributed by atoms with Gasteiger partial charge in [0.2, 0.25) is 5.91 Å². The van der Waals surface area contributed by atoms with Gasteiger partial charge < -0.3 is 5.32 Å². The van der Waals surface area contributed by atoms with Gasteiger partial charge in [0, 0.05) is 6.92 Å². The van der Waals surface area contributed by atoms with E-state index in [4.69, 9.17) is 16.9 Å². The van der Waals surface area contributed by atoms with Gasteiger partial charge in [-0.05, 0) is 6.07 Å². The number of nitrogens with zero attached hydrogens (tertiary/aromatic N) is 2. The number of anilines is 1. The number of carbonyl (C=O) groups excluding carboxylic acids is 1. The first-order valence-electron chi connectivity index (χ1n) is 3.46. The lowest BCUT2D eigenvalue weighted by Crippen LogP contribution is -2.06. The summed E-state index contributed by atoms with van der Waals surface area (Å²) < 4.78 is 0. The molecule has 0 bridgehead atoms. The molecule has 0 atom stereocenters. The highest BCUT2D eigenvalue weighted by atomic mass is 35.5. The molecule has 5 heteroatoms. The first-order valence-corrected chi connectivity index (χ1v) is 3.84. The number of carbonyl (C=O) groups is 1. The quantitative estimate of drug-likeness (QED) is 0.692. The molecule has 0 unspecified atom stereocenters. The van der Waals surface area contributed by atoms with E-state index in [-0.39, 0.29) is 16.6 Å². The summed E-state index contributed by atoms with van der Waals surface area (Å²) in [5.41, 5.74) is 0.710. The molecule has 0 saturated carbocycles. The summed E-state index contributed by atoms with van der Waals surface area (Å²) in [6.07, 6.45) is 1.39. The Kier molecular flexibility index (Phi) is 2.83. The minimum atomic E-state index is -0.215. The fraction of sp³-hybridized carbons (Fsp3) is 0.125. The van der Waals surface area contributed by atoms with Gasteiger partial charge in [0.1, 0.15) is 11.2 Å². The number of pyridine rings is 1. The van der Waals surface area contributed by atoms with E-state index < -0.39 is 0 Å². The van der Waals surface area contributed by atoms with Crippen molar-refractivity contribution in [1.82, 2.24) is 4.98 Å². The third kappa shape index (κ3) is 2.42. The molecule has 13 heavy (non-hydrogen) atoms. The molecule has 0 saturated heterocycles. The van der Waals surface area contributed by atoms with E-state index in [1.54, 1.807) is 0 Å². The van der Waals surface area contributed by atoms with Crippen molar-refractivity contribution in [1.29, 1.82) is 5.26 Å². The van der Waals surface area contributed by atoms with Gasteiger partial charge in [0.15, 0.2) is 0 Å². The summed E-state index contributed by atoms with van der Waals surface area (Å²) in [7, 11) is 0. The van der Waals surface area contributed by atoms with Crippen LogP contribution in [0.4, 0.5) is 5.69 Å². The average Bonchev–Trinajstić information content (AvgIpc) is 2.07. The van der Waals surface area contributed by atoms with Crippen LogP contribution in [-0.2, 0) is 4.79 Å². The maximum Gasteiger partial charge on any atom is 0.221 e. The van der Waals surface area contributed by atoms with Crippen LogP contribution in [0.3, 0.4) is 0 Å². The van der Waals surface area contributed by atoms with Crippen molar-refractivity contribution in [2.24, 2.45) is 0 Å². The molecule has 1 heterocycles. The molecule has 1 amide bonds. The lowest BCUT2D eigenvalue weighted by molar-refractivity contribution is -0.114. The van der Waals surface area contributed by atoms with Crippen LogP contribution in [-0.4, -0.2) is 10.9 Å². The van der Waals surface area contributed by atoms with Gasteiger partial charge in [-0.3, -0.25) is 4.79 Å². The molecule has 0 fully saturated rings. The zero-order chi connectivity index (χ0) is 9.84. The van der Waals surface area contributed by atoms with E-state index in [2.05, 4.69) is 10.3 Å². The lowest BCUT2D eigenvalue weighted by atomic mass is 10.3. The second-order valence-corrected chi connectivity index (χ2v) is 2.71. The number of nitrogens with one attached hydrogen (secondary N) is 1. The smallest absolute Gasteiger partial charge is 0.221 e. The van der Waals surface area contributed by atoms with E-state index in [0.717, 1.165) is 0 Å². The van der Waals surface area contributed by atoms with Crippen LogP contribution < -0.4 is 5.32 Å². The molecule has 0 aliphatic heterocycles. The maximum atomic E-state index is 10.6. The summed E-state index contributed by atoms with van der Waals surface area (Å²) >= 11 is 5.59. The van der Waals surface area contributed by atoms with Crippen LogP contribution in [0.25, 0.3) is 0 Å². The van der Waals surface area contributed by atoms with E-state index in [1.807, 2.05) is 6.07 Å². The van der Waals surface area contributed by atoms with Crippen molar-refractivity contribution in [3.05, 3.63) is 23.0 Å². The molecule has 0 aliphatic rings. The zero-order valence-electron chi connectivity index (χ0n) is 6.84. The number of aromatic nitrogens is 1. The lowest BCUT2D eigenvalue weighted by Gasteiger charge is -2.01. The van der Waals surface area contributed by atoms with Gasteiger partial charge in [0.25, 0.3) is 0 Å². The topological polar surface area (TPSA) is 65.8 Å². The molecular formula is C8H6ClN3O. The maximum absolute atomic E-state index is 10.6. The molecule has 1 aromatic rings. The first-order chi connectivity index (χ1) is 6.13. The normalized spacial score (nSPS) is 9.00. The number of nitriles is 1. The molecule has 0 aliphatic carbocycles. The third-order valence-corrected chi connectivity index (χ3v) is 1.58. The van der Waals surface area contributed by atoms with Gasteiger partial charge in [-0.25, -0.2) is 4.98 Å². The minimum absolute atomic E-state index is 0.136. The van der Waals surface area contributed by atoms with E-state index in [0.29, 0.717) is 5.69 Å². The van der Waals surface area contributed by atoms with E-state index in [1.165, 1.54) is 19.2 Å². The van der Waals surface area contributed by atoms with Gasteiger partial charge in [-0.1, -0.05) is 11.6 Å². The number of amides is 1. The highest BCUT2D eigenvalue weighted by molar-refractivity contribution is 6.30. The van der Waals surface area contributed by atoms with Crippen LogP contribution in [0, 0.1) is 11.3 Å². The Morgan fingerprint density at radius 2 is 2.46 bits per heavy atom. The van der Waals surface area contributed by atoms with Crippen LogP contribution in [0.5, 0.6) is 0 Å². The number of halogens is 1. The highest BCUT2D eigenvalue weighted by Gasteiger charge is 2.02. The summed E-state index contributed by atoms with van der Waals surface area (Å²) in [5.74, 6) is -0.215. The molecular weight excluding hydrogens is 190 g/mol. The molecule has 4 nitrogen and oxygen atoms in total. The van der Waals surface area contributed by atoms with Crippen molar-refractivity contribution < 1.29 is 4.79 Å². The Balaban J connectivity index is 3.01. The zero-order valence-corrected chi connectivity index (χ0v) is 7.59. The Hall–Kier alpha value is -1.60. The molecule has 66 valence electrons. The predicted molar refractivity (Wildman–Crippen MR) is 48.3 cm³/mol. The van der Waals surface area contributed by atoms with Crippen LogP contribution in [0.2, 0.25) is 5.15 Å². The Bertz CT molecular complexity index is 383. The second-order valence-electron chi connectivity index (χ2n) is 2.36. The van der Waals surface area contributed by atoms with Gasteiger partial charge in [0.05, 0.1) is 17.4 Å². The fourth-order valence-corrected chi connectivity index (χ4v) is 0.944. The largest absolute Gasteiger partial charge is 0.325 e. The van der Waals surface area contributed by atoms with Crippen molar-refractivity contribution in [2.45, 2.75) is 6.92 Å². The SMILES string of the molecule is CC(=O)Nc1cnc(Cl)c(C#N)c1. The van der Waals surface area contributed by atoms with E-state index >= 15 is 0 Å². The van der Waals surface area contributed by atoms with Crippen LogP contribution in [0.1, 0.15) is 12.5 Å². The average molecular weight is 196 g/mol. The predicted octanol–water partition coefficient (Wildman–Crippen LogP) is 1.57. The Morgan fingerprint density at radius 3 is 3.00 bits per heavy atom. The molecule has 0 radical (unpaired) electrons. The summed E-state index contributed by atoms with van der Waals surface area (Å²) in [5, 5.41) is 11.2.